The van der Waals surface area contributed by atoms with Crippen LogP contribution in [0.15, 0.2) is 30.3 Å². The van der Waals surface area contributed by atoms with Gasteiger partial charge in [0.1, 0.15) is 0 Å². The first-order valence-corrected chi connectivity index (χ1v) is 7.70. The van der Waals surface area contributed by atoms with Crippen molar-refractivity contribution >= 4 is 5.91 Å². The van der Waals surface area contributed by atoms with E-state index in [4.69, 9.17) is 0 Å². The van der Waals surface area contributed by atoms with E-state index in [-0.39, 0.29) is 18.4 Å². The fraction of sp³-hybridized carbons (Fsp3) is 0.588. The summed E-state index contributed by atoms with van der Waals surface area (Å²) in [5.74, 6) is 0.197. The minimum Gasteiger partial charge on any atom is -0.393 e. The third-order valence-electron chi connectivity index (χ3n) is 4.24. The maximum atomic E-state index is 12.0. The lowest BCUT2D eigenvalue weighted by atomic mass is 9.87. The summed E-state index contributed by atoms with van der Waals surface area (Å²) < 4.78 is 0. The highest BCUT2D eigenvalue weighted by Gasteiger charge is 2.27. The lowest BCUT2D eigenvalue weighted by Gasteiger charge is -2.27. The first-order chi connectivity index (χ1) is 9.97. The molecular weight excluding hydrogens is 266 g/mol. The Kier molecular flexibility index (Phi) is 5.37. The molecule has 1 aliphatic rings. The Morgan fingerprint density at radius 2 is 2.05 bits per heavy atom. The quantitative estimate of drug-likeness (QED) is 0.776. The van der Waals surface area contributed by atoms with Crippen molar-refractivity contribution in [2.75, 3.05) is 6.54 Å². The van der Waals surface area contributed by atoms with Gasteiger partial charge in [0.05, 0.1) is 18.1 Å². The number of aliphatic hydroxyl groups is 2. The number of aliphatic hydroxyl groups excluding tert-OH is 1. The van der Waals surface area contributed by atoms with Crippen LogP contribution in [-0.4, -0.2) is 28.8 Å². The zero-order chi connectivity index (χ0) is 15.3. The van der Waals surface area contributed by atoms with Gasteiger partial charge in [0.2, 0.25) is 5.91 Å². The van der Waals surface area contributed by atoms with Crippen molar-refractivity contribution in [3.8, 4) is 0 Å². The van der Waals surface area contributed by atoms with E-state index in [9.17, 15) is 15.0 Å². The maximum Gasteiger partial charge on any atom is 0.223 e. The van der Waals surface area contributed by atoms with E-state index in [1.807, 2.05) is 30.3 Å². The first kappa shape index (κ1) is 16.0. The van der Waals surface area contributed by atoms with Gasteiger partial charge in [0.25, 0.3) is 0 Å². The van der Waals surface area contributed by atoms with Crippen LogP contribution in [0.5, 0.6) is 0 Å². The molecule has 3 atom stereocenters. The molecule has 0 heterocycles. The molecule has 1 amide bonds. The molecule has 1 aromatic carbocycles. The molecule has 1 fully saturated rings. The van der Waals surface area contributed by atoms with E-state index < -0.39 is 5.60 Å². The van der Waals surface area contributed by atoms with E-state index in [0.29, 0.717) is 12.5 Å². The van der Waals surface area contributed by atoms with Crippen LogP contribution in [-0.2, 0) is 10.4 Å². The summed E-state index contributed by atoms with van der Waals surface area (Å²) >= 11 is 0. The van der Waals surface area contributed by atoms with Gasteiger partial charge in [-0.3, -0.25) is 4.79 Å². The summed E-state index contributed by atoms with van der Waals surface area (Å²) in [4.78, 5) is 12.0. The van der Waals surface area contributed by atoms with Gasteiger partial charge in [-0.15, -0.1) is 0 Å². The third kappa shape index (κ3) is 4.83. The summed E-state index contributed by atoms with van der Waals surface area (Å²) in [6.07, 6.45) is 3.51. The minimum absolute atomic E-state index is 0.0479. The first-order valence-electron chi connectivity index (χ1n) is 7.70. The van der Waals surface area contributed by atoms with E-state index in [0.717, 1.165) is 31.2 Å². The molecule has 3 unspecified atom stereocenters. The zero-order valence-electron chi connectivity index (χ0n) is 12.6. The molecule has 0 aliphatic heterocycles. The molecule has 3 N–H and O–H groups in total. The van der Waals surface area contributed by atoms with E-state index in [1.165, 1.54) is 0 Å². The van der Waals surface area contributed by atoms with Gasteiger partial charge >= 0.3 is 0 Å². The molecule has 21 heavy (non-hydrogen) atoms. The summed E-state index contributed by atoms with van der Waals surface area (Å²) in [5.41, 5.74) is -0.412. The molecule has 4 heteroatoms. The van der Waals surface area contributed by atoms with Crippen LogP contribution >= 0.6 is 0 Å². The van der Waals surface area contributed by atoms with Crippen LogP contribution in [0, 0.1) is 5.92 Å². The van der Waals surface area contributed by atoms with Gasteiger partial charge < -0.3 is 15.5 Å². The molecule has 1 aliphatic carbocycles. The molecule has 1 saturated carbocycles. The Balaban J connectivity index is 1.81. The second kappa shape index (κ2) is 7.05. The molecule has 0 bridgehead atoms. The highest BCUT2D eigenvalue weighted by atomic mass is 16.3. The average Bonchev–Trinajstić information content (AvgIpc) is 2.46. The van der Waals surface area contributed by atoms with Gasteiger partial charge in [0, 0.05) is 6.54 Å². The second-order valence-electron chi connectivity index (χ2n) is 6.31. The number of carbonyl (C=O) groups excluding carboxylic acids is 1. The van der Waals surface area contributed by atoms with Crippen molar-refractivity contribution in [2.45, 2.75) is 50.7 Å². The highest BCUT2D eigenvalue weighted by molar-refractivity contribution is 5.77. The van der Waals surface area contributed by atoms with Crippen molar-refractivity contribution in [3.05, 3.63) is 35.9 Å². The van der Waals surface area contributed by atoms with Crippen LogP contribution in [0.4, 0.5) is 0 Å². The number of hydrogen-bond donors (Lipinski definition) is 3. The van der Waals surface area contributed by atoms with Crippen LogP contribution in [0.25, 0.3) is 0 Å². The molecule has 0 saturated heterocycles. The topological polar surface area (TPSA) is 69.6 Å². The lowest BCUT2D eigenvalue weighted by molar-refractivity contribution is -0.126. The highest BCUT2D eigenvalue weighted by Crippen LogP contribution is 2.25. The fourth-order valence-electron chi connectivity index (χ4n) is 2.98. The van der Waals surface area contributed by atoms with Crippen molar-refractivity contribution in [2.24, 2.45) is 5.92 Å². The number of rotatable bonds is 5. The predicted octanol–water partition coefficient (Wildman–Crippen LogP) is 1.95. The third-order valence-corrected chi connectivity index (χ3v) is 4.24. The monoisotopic (exact) mass is 291 g/mol. The summed E-state index contributed by atoms with van der Waals surface area (Å²) in [5, 5.41) is 23.0. The normalized spacial score (nSPS) is 25.1. The maximum absolute atomic E-state index is 12.0. The molecule has 2 rings (SSSR count). The molecule has 1 aromatic rings. The molecule has 4 nitrogen and oxygen atoms in total. The molecule has 116 valence electrons. The van der Waals surface area contributed by atoms with Gasteiger partial charge in [-0.1, -0.05) is 36.8 Å². The predicted molar refractivity (Wildman–Crippen MR) is 81.6 cm³/mol. The van der Waals surface area contributed by atoms with Gasteiger partial charge in [-0.25, -0.2) is 0 Å². The largest absolute Gasteiger partial charge is 0.393 e. The summed E-state index contributed by atoms with van der Waals surface area (Å²) in [6, 6.07) is 9.24. The second-order valence-corrected chi connectivity index (χ2v) is 6.31. The van der Waals surface area contributed by atoms with Gasteiger partial charge in [-0.2, -0.15) is 0 Å². The van der Waals surface area contributed by atoms with E-state index in [1.54, 1.807) is 6.92 Å². The number of amides is 1. The standard InChI is InChI=1S/C17H25NO3/c1-17(21,14-7-3-2-4-8-14)11-16(20)18-12-13-6-5-9-15(19)10-13/h2-4,7-8,13,15,19,21H,5-6,9-12H2,1H3,(H,18,20). The Bertz CT molecular complexity index is 458. The molecule has 0 radical (unpaired) electrons. The SMILES string of the molecule is CC(O)(CC(=O)NCC1CCCC(O)C1)c1ccccc1. The zero-order valence-corrected chi connectivity index (χ0v) is 12.6. The Labute approximate surface area is 126 Å². The Morgan fingerprint density at radius 3 is 2.71 bits per heavy atom. The number of benzene rings is 1. The summed E-state index contributed by atoms with van der Waals surface area (Å²) in [6.45, 7) is 2.24. The van der Waals surface area contributed by atoms with Crippen molar-refractivity contribution in [1.29, 1.82) is 0 Å². The average molecular weight is 291 g/mol. The van der Waals surface area contributed by atoms with Crippen LogP contribution in [0.3, 0.4) is 0 Å². The molecular formula is C17H25NO3. The number of nitrogens with one attached hydrogen (secondary N) is 1. The van der Waals surface area contributed by atoms with Gasteiger partial charge in [0.15, 0.2) is 0 Å². The number of carbonyl (C=O) groups is 1. The minimum atomic E-state index is -1.16. The van der Waals surface area contributed by atoms with Crippen molar-refractivity contribution < 1.29 is 15.0 Å². The number of hydrogen-bond acceptors (Lipinski definition) is 3. The van der Waals surface area contributed by atoms with Crippen molar-refractivity contribution in [3.63, 3.8) is 0 Å². The fourth-order valence-corrected chi connectivity index (χ4v) is 2.98. The Morgan fingerprint density at radius 1 is 1.33 bits per heavy atom. The van der Waals surface area contributed by atoms with Crippen LogP contribution in [0.1, 0.15) is 44.6 Å². The smallest absolute Gasteiger partial charge is 0.223 e. The molecule has 0 spiro atoms. The summed E-state index contributed by atoms with van der Waals surface area (Å²) in [7, 11) is 0. The van der Waals surface area contributed by atoms with E-state index in [2.05, 4.69) is 5.32 Å². The van der Waals surface area contributed by atoms with Gasteiger partial charge in [-0.05, 0) is 37.7 Å². The Hall–Kier alpha value is -1.39. The van der Waals surface area contributed by atoms with E-state index >= 15 is 0 Å². The lowest BCUT2D eigenvalue weighted by Crippen LogP contribution is -2.36. The van der Waals surface area contributed by atoms with Crippen LogP contribution < -0.4 is 5.32 Å². The van der Waals surface area contributed by atoms with Crippen LogP contribution in [0.2, 0.25) is 0 Å². The molecule has 0 aromatic heterocycles. The van der Waals surface area contributed by atoms with Crippen molar-refractivity contribution in [1.82, 2.24) is 5.32 Å².